The molecule has 21 heavy (non-hydrogen) atoms. The standard InChI is InChI=1S/C13H17.2CH2O2.ClH.Ti/c1-3-7-12-10(5-1)9-11-6-2-4-8-13(11)12;2*2-1-3;;/h9H,1-8H2;2*1H,(H,2,3);1H;/q-1;;;;+2/p-1. The second-order valence-electron chi connectivity index (χ2n) is 4.78. The molecule has 0 bridgehead atoms. The molecule has 0 saturated heterocycles. The number of fused-ring (bicyclic) bond motifs is 3. The van der Waals surface area contributed by atoms with Gasteiger partial charge in [0.25, 0.3) is 12.9 Å². The summed E-state index contributed by atoms with van der Waals surface area (Å²) in [7, 11) is 0. The Bertz CT molecular complexity index is 382. The van der Waals surface area contributed by atoms with Crippen molar-refractivity contribution in [1.82, 2.24) is 0 Å². The van der Waals surface area contributed by atoms with Gasteiger partial charge in [0.1, 0.15) is 0 Å². The molecule has 0 unspecified atom stereocenters. The fraction of sp³-hybridized carbons (Fsp3) is 0.533. The molecule has 0 aromatic heterocycles. The zero-order valence-electron chi connectivity index (χ0n) is 12.0. The Kier molecular flexibility index (Phi) is 14.0. The van der Waals surface area contributed by atoms with Gasteiger partial charge in [0.05, 0.1) is 0 Å². The quantitative estimate of drug-likeness (QED) is 0.379. The molecule has 0 atom stereocenters. The van der Waals surface area contributed by atoms with Crippen molar-refractivity contribution in [2.24, 2.45) is 0 Å². The van der Waals surface area contributed by atoms with Crippen LogP contribution in [0.4, 0.5) is 0 Å². The van der Waals surface area contributed by atoms with E-state index in [0.29, 0.717) is 0 Å². The Morgan fingerprint density at radius 1 is 0.762 bits per heavy atom. The minimum atomic E-state index is -0.250. The molecule has 0 fully saturated rings. The number of rotatable bonds is 0. The molecule has 0 saturated carbocycles. The Morgan fingerprint density at radius 2 is 1.05 bits per heavy atom. The molecule has 0 heterocycles. The Hall–Kier alpha value is -0.706. The molecule has 6 heteroatoms. The summed E-state index contributed by atoms with van der Waals surface area (Å²) >= 11 is 0. The topological polar surface area (TPSA) is 74.6 Å². The number of halogens is 1. The number of aryl methyl sites for hydroxylation is 2. The fourth-order valence-corrected chi connectivity index (χ4v) is 3.08. The summed E-state index contributed by atoms with van der Waals surface area (Å²) in [6, 6.07) is 2.52. The molecule has 0 radical (unpaired) electrons. The molecule has 116 valence electrons. The normalized spacial score (nSPS) is 14.1. The number of hydrogen-bond acceptors (Lipinski definition) is 2. The predicted octanol–water partition coefficient (Wildman–Crippen LogP) is -0.434. The van der Waals surface area contributed by atoms with Gasteiger partial charge in [-0.15, -0.1) is 0 Å². The van der Waals surface area contributed by atoms with Crippen LogP contribution in [0.15, 0.2) is 6.07 Å². The minimum Gasteiger partial charge on any atom is -1.00 e. The largest absolute Gasteiger partial charge is 2.00 e. The van der Waals surface area contributed by atoms with E-state index in [1.807, 2.05) is 0 Å². The van der Waals surface area contributed by atoms with E-state index in [4.69, 9.17) is 19.8 Å². The second-order valence-corrected chi connectivity index (χ2v) is 4.78. The van der Waals surface area contributed by atoms with E-state index >= 15 is 0 Å². The summed E-state index contributed by atoms with van der Waals surface area (Å²) < 4.78 is 0. The van der Waals surface area contributed by atoms with Crippen LogP contribution in [0.5, 0.6) is 0 Å². The van der Waals surface area contributed by atoms with Crippen LogP contribution in [0.2, 0.25) is 0 Å². The van der Waals surface area contributed by atoms with Crippen LogP contribution in [0.1, 0.15) is 47.9 Å². The molecular weight excluding hydrogens is 327 g/mol. The Morgan fingerprint density at radius 3 is 1.38 bits per heavy atom. The van der Waals surface area contributed by atoms with Gasteiger partial charge in [0.2, 0.25) is 0 Å². The average molecular weight is 349 g/mol. The van der Waals surface area contributed by atoms with Crippen LogP contribution in [0.25, 0.3) is 0 Å². The maximum atomic E-state index is 8.36. The molecule has 0 aliphatic heterocycles. The number of carbonyl (C=O) groups is 2. The molecule has 2 aliphatic rings. The second kappa shape index (κ2) is 13.0. The first-order chi connectivity index (χ1) is 9.28. The summed E-state index contributed by atoms with van der Waals surface area (Å²) in [6.45, 7) is -0.500. The van der Waals surface area contributed by atoms with Gasteiger partial charge in [-0.3, -0.25) is 9.59 Å². The van der Waals surface area contributed by atoms with Gasteiger partial charge < -0.3 is 22.6 Å². The van der Waals surface area contributed by atoms with Crippen molar-refractivity contribution in [2.75, 3.05) is 0 Å². The first kappa shape index (κ1) is 22.6. The van der Waals surface area contributed by atoms with Crippen molar-refractivity contribution in [1.29, 1.82) is 0 Å². The first-order valence-corrected chi connectivity index (χ1v) is 6.73. The van der Waals surface area contributed by atoms with Crippen LogP contribution in [0.3, 0.4) is 0 Å². The maximum Gasteiger partial charge on any atom is 2.00 e. The number of carboxylic acid groups (broad SMARTS) is 2. The van der Waals surface area contributed by atoms with Crippen molar-refractivity contribution >= 4 is 12.9 Å². The number of hydrogen-bond donors (Lipinski definition) is 2. The zero-order valence-corrected chi connectivity index (χ0v) is 14.3. The molecule has 2 N–H and O–H groups in total. The van der Waals surface area contributed by atoms with E-state index in [1.165, 1.54) is 51.4 Å². The van der Waals surface area contributed by atoms with Crippen LogP contribution in [-0.2, 0) is 57.0 Å². The molecular formula is C15H21ClO4Ti. The summed E-state index contributed by atoms with van der Waals surface area (Å²) in [4.78, 5) is 16.7. The van der Waals surface area contributed by atoms with Crippen molar-refractivity contribution in [3.8, 4) is 0 Å². The van der Waals surface area contributed by atoms with Gasteiger partial charge in [0.15, 0.2) is 0 Å². The van der Waals surface area contributed by atoms with E-state index in [1.54, 1.807) is 22.3 Å². The van der Waals surface area contributed by atoms with Crippen molar-refractivity contribution in [3.05, 3.63) is 28.3 Å². The van der Waals surface area contributed by atoms with E-state index in [2.05, 4.69) is 6.07 Å². The fourth-order valence-electron chi connectivity index (χ4n) is 3.08. The minimum absolute atomic E-state index is 0. The van der Waals surface area contributed by atoms with Gasteiger partial charge in [-0.1, -0.05) is 51.4 Å². The van der Waals surface area contributed by atoms with Gasteiger partial charge in [-0.05, 0) is 0 Å². The van der Waals surface area contributed by atoms with E-state index in [0.717, 1.165) is 0 Å². The van der Waals surface area contributed by atoms with E-state index < -0.39 is 0 Å². The zero-order chi connectivity index (χ0) is 14.1. The molecule has 4 nitrogen and oxygen atoms in total. The smallest absolute Gasteiger partial charge is 1.00 e. The van der Waals surface area contributed by atoms with E-state index in [9.17, 15) is 0 Å². The van der Waals surface area contributed by atoms with Gasteiger partial charge in [-0.25, -0.2) is 0 Å². The van der Waals surface area contributed by atoms with Crippen LogP contribution >= 0.6 is 0 Å². The monoisotopic (exact) mass is 348 g/mol. The van der Waals surface area contributed by atoms with Crippen molar-refractivity contribution in [3.63, 3.8) is 0 Å². The van der Waals surface area contributed by atoms with Crippen LogP contribution < -0.4 is 12.4 Å². The maximum absolute atomic E-state index is 8.36. The summed E-state index contributed by atoms with van der Waals surface area (Å²) in [5, 5.41) is 13.8. The van der Waals surface area contributed by atoms with Crippen molar-refractivity contribution < 1.29 is 53.9 Å². The van der Waals surface area contributed by atoms with Crippen molar-refractivity contribution in [2.45, 2.75) is 51.4 Å². The third-order valence-corrected chi connectivity index (χ3v) is 3.73. The predicted molar refractivity (Wildman–Crippen MR) is 72.7 cm³/mol. The molecule has 1 aromatic carbocycles. The molecule has 0 amide bonds. The van der Waals surface area contributed by atoms with Gasteiger partial charge in [0, 0.05) is 0 Å². The van der Waals surface area contributed by atoms with Crippen LogP contribution in [0, 0.1) is 0 Å². The average Bonchev–Trinajstić information content (AvgIpc) is 2.79. The Labute approximate surface area is 146 Å². The molecule has 0 spiro atoms. The van der Waals surface area contributed by atoms with Gasteiger partial charge in [-0.2, -0.15) is 28.3 Å². The first-order valence-electron chi connectivity index (χ1n) is 6.73. The van der Waals surface area contributed by atoms with Crippen LogP contribution in [-0.4, -0.2) is 23.2 Å². The summed E-state index contributed by atoms with van der Waals surface area (Å²) in [5.74, 6) is 0. The summed E-state index contributed by atoms with van der Waals surface area (Å²) in [5.41, 5.74) is 6.94. The molecule has 1 aromatic rings. The Balaban J connectivity index is 0. The van der Waals surface area contributed by atoms with Gasteiger partial charge >= 0.3 is 21.7 Å². The van der Waals surface area contributed by atoms with E-state index in [-0.39, 0.29) is 47.1 Å². The molecule has 2 aliphatic carbocycles. The molecule has 3 rings (SSSR count). The summed E-state index contributed by atoms with van der Waals surface area (Å²) in [6.07, 6.45) is 11.2. The third-order valence-electron chi connectivity index (χ3n) is 3.73. The third kappa shape index (κ3) is 6.72. The SMILES string of the molecule is O=CO.O=CO.[Cl-].[Ti+2].[cH-]1c2c(c3c1CCCC3)CCCC2.